The second-order valence-corrected chi connectivity index (χ2v) is 8.76. The number of hydrogen-bond donors (Lipinski definition) is 1. The summed E-state index contributed by atoms with van der Waals surface area (Å²) in [6.45, 7) is 1.80. The molecule has 1 aliphatic heterocycles. The van der Waals surface area contributed by atoms with Crippen LogP contribution in [0.25, 0.3) is 10.9 Å². The number of benzene rings is 2. The van der Waals surface area contributed by atoms with Crippen molar-refractivity contribution in [2.45, 2.75) is 25.7 Å². The molecule has 1 amide bonds. The Bertz CT molecular complexity index is 1170. The lowest BCUT2D eigenvalue weighted by molar-refractivity contribution is -0.128. The SMILES string of the molecule is N#Cc1ccc(NC(=O)C2CC3(CCN(c4ccnc5ccc(F)cc45)CC3)C2)cc1. The van der Waals surface area contributed by atoms with Gasteiger partial charge in [0.15, 0.2) is 0 Å². The van der Waals surface area contributed by atoms with Crippen LogP contribution in [0, 0.1) is 28.5 Å². The number of nitriles is 1. The average Bonchev–Trinajstić information content (AvgIpc) is 2.77. The van der Waals surface area contributed by atoms with Crippen molar-refractivity contribution in [3.63, 3.8) is 0 Å². The molecule has 2 aromatic carbocycles. The van der Waals surface area contributed by atoms with E-state index in [-0.39, 0.29) is 23.1 Å². The van der Waals surface area contributed by atoms with Crippen molar-refractivity contribution in [1.82, 2.24) is 4.98 Å². The van der Waals surface area contributed by atoms with E-state index in [2.05, 4.69) is 21.3 Å². The van der Waals surface area contributed by atoms with Gasteiger partial charge in [-0.15, -0.1) is 0 Å². The smallest absolute Gasteiger partial charge is 0.227 e. The Balaban J connectivity index is 1.20. The third kappa shape index (κ3) is 3.72. The molecule has 0 atom stereocenters. The van der Waals surface area contributed by atoms with E-state index >= 15 is 0 Å². The molecule has 2 fully saturated rings. The van der Waals surface area contributed by atoms with Gasteiger partial charge >= 0.3 is 0 Å². The lowest BCUT2D eigenvalue weighted by atomic mass is 9.57. The van der Waals surface area contributed by atoms with Crippen molar-refractivity contribution in [1.29, 1.82) is 5.26 Å². The minimum atomic E-state index is -0.245. The van der Waals surface area contributed by atoms with Gasteiger partial charge in [0.25, 0.3) is 0 Å². The summed E-state index contributed by atoms with van der Waals surface area (Å²) in [6, 6.07) is 15.7. The second-order valence-electron chi connectivity index (χ2n) is 8.76. The van der Waals surface area contributed by atoms with Gasteiger partial charge in [-0.05, 0) is 79.6 Å². The van der Waals surface area contributed by atoms with Crippen molar-refractivity contribution in [2.75, 3.05) is 23.3 Å². The number of nitrogens with zero attached hydrogens (tertiary/aromatic N) is 3. The van der Waals surface area contributed by atoms with Crippen LogP contribution in [0.1, 0.15) is 31.2 Å². The number of amides is 1. The number of pyridine rings is 1. The maximum absolute atomic E-state index is 13.8. The number of hydrogen-bond acceptors (Lipinski definition) is 4. The monoisotopic (exact) mass is 414 g/mol. The fourth-order valence-electron chi connectivity index (χ4n) is 5.05. The van der Waals surface area contributed by atoms with Gasteiger partial charge in [0, 0.05) is 42.0 Å². The van der Waals surface area contributed by atoms with Crippen LogP contribution in [0.5, 0.6) is 0 Å². The van der Waals surface area contributed by atoms with Crippen LogP contribution in [-0.2, 0) is 4.79 Å². The zero-order valence-electron chi connectivity index (χ0n) is 17.1. The summed E-state index contributed by atoms with van der Waals surface area (Å²) in [5.41, 5.74) is 3.39. The number of rotatable bonds is 3. The molecule has 3 aromatic rings. The van der Waals surface area contributed by atoms with Crippen LogP contribution in [0.3, 0.4) is 0 Å². The number of carbonyl (C=O) groups is 1. The first kappa shape index (κ1) is 19.5. The number of carbonyl (C=O) groups excluding carboxylic acids is 1. The standard InChI is InChI=1S/C25H23FN4O/c26-19-3-6-22-21(13-19)23(7-10-28-22)30-11-8-25(9-12-30)14-18(15-25)24(31)29-20-4-1-17(16-27)2-5-20/h1-7,10,13,18H,8-9,11-12,14-15H2,(H,29,31). The van der Waals surface area contributed by atoms with Crippen LogP contribution >= 0.6 is 0 Å². The molecule has 6 heteroatoms. The van der Waals surface area contributed by atoms with Crippen molar-refractivity contribution in [3.05, 3.63) is 66.1 Å². The number of nitrogens with one attached hydrogen (secondary N) is 1. The van der Waals surface area contributed by atoms with E-state index < -0.39 is 0 Å². The highest BCUT2D eigenvalue weighted by Gasteiger charge is 2.48. The third-order valence-corrected chi connectivity index (χ3v) is 6.86. The maximum atomic E-state index is 13.8. The molecular formula is C25H23FN4O. The lowest BCUT2D eigenvalue weighted by Gasteiger charge is -2.52. The van der Waals surface area contributed by atoms with Gasteiger partial charge in [0.1, 0.15) is 5.82 Å². The van der Waals surface area contributed by atoms with E-state index in [4.69, 9.17) is 5.26 Å². The number of anilines is 2. The number of fused-ring (bicyclic) bond motifs is 1. The Morgan fingerprint density at radius 1 is 1.13 bits per heavy atom. The molecule has 2 aliphatic rings. The highest BCUT2D eigenvalue weighted by atomic mass is 19.1. The molecule has 5 nitrogen and oxygen atoms in total. The average molecular weight is 414 g/mol. The van der Waals surface area contributed by atoms with Gasteiger partial charge < -0.3 is 10.2 Å². The quantitative estimate of drug-likeness (QED) is 0.663. The van der Waals surface area contributed by atoms with E-state index in [1.165, 1.54) is 6.07 Å². The first-order valence-electron chi connectivity index (χ1n) is 10.7. The number of aromatic nitrogens is 1. The molecule has 0 radical (unpaired) electrons. The normalized spacial score (nSPS) is 17.9. The first-order valence-corrected chi connectivity index (χ1v) is 10.7. The van der Waals surface area contributed by atoms with Crippen LogP contribution in [0.2, 0.25) is 0 Å². The molecule has 156 valence electrons. The Hall–Kier alpha value is -3.46. The van der Waals surface area contributed by atoms with Crippen molar-refractivity contribution < 1.29 is 9.18 Å². The molecule has 1 saturated heterocycles. The second kappa shape index (κ2) is 7.66. The minimum absolute atomic E-state index is 0.0399. The topological polar surface area (TPSA) is 69.0 Å². The van der Waals surface area contributed by atoms with Gasteiger partial charge in [-0.2, -0.15) is 5.26 Å². The van der Waals surface area contributed by atoms with E-state index in [0.29, 0.717) is 5.56 Å². The van der Waals surface area contributed by atoms with Crippen molar-refractivity contribution >= 4 is 28.2 Å². The summed E-state index contributed by atoms with van der Waals surface area (Å²) in [5.74, 6) is -0.142. The Labute approximate surface area is 180 Å². The minimum Gasteiger partial charge on any atom is -0.371 e. The Morgan fingerprint density at radius 3 is 2.58 bits per heavy atom. The largest absolute Gasteiger partial charge is 0.371 e. The number of halogens is 1. The predicted molar refractivity (Wildman–Crippen MR) is 118 cm³/mol. The van der Waals surface area contributed by atoms with E-state index in [1.807, 2.05) is 6.07 Å². The first-order chi connectivity index (χ1) is 15.0. The highest BCUT2D eigenvalue weighted by Crippen LogP contribution is 2.53. The van der Waals surface area contributed by atoms with E-state index in [9.17, 15) is 9.18 Å². The van der Waals surface area contributed by atoms with Gasteiger partial charge in [-0.25, -0.2) is 4.39 Å². The Kier molecular flexibility index (Phi) is 4.82. The summed E-state index contributed by atoms with van der Waals surface area (Å²) in [7, 11) is 0. The molecule has 1 N–H and O–H groups in total. The van der Waals surface area contributed by atoms with Crippen LogP contribution in [0.15, 0.2) is 54.7 Å². The van der Waals surface area contributed by atoms with Gasteiger partial charge in [0.05, 0.1) is 17.1 Å². The molecule has 1 spiro atoms. The fraction of sp³-hybridized carbons (Fsp3) is 0.320. The molecule has 5 rings (SSSR count). The van der Waals surface area contributed by atoms with E-state index in [1.54, 1.807) is 42.6 Å². The predicted octanol–water partition coefficient (Wildman–Crippen LogP) is 4.88. The van der Waals surface area contributed by atoms with Crippen LogP contribution < -0.4 is 10.2 Å². The molecular weight excluding hydrogens is 391 g/mol. The zero-order valence-corrected chi connectivity index (χ0v) is 17.1. The van der Waals surface area contributed by atoms with Crippen molar-refractivity contribution in [3.8, 4) is 6.07 Å². The molecule has 0 bridgehead atoms. The molecule has 1 aromatic heterocycles. The molecule has 31 heavy (non-hydrogen) atoms. The summed E-state index contributed by atoms with van der Waals surface area (Å²) in [6.07, 6.45) is 5.68. The Morgan fingerprint density at radius 2 is 1.87 bits per heavy atom. The summed E-state index contributed by atoms with van der Waals surface area (Å²) < 4.78 is 13.8. The summed E-state index contributed by atoms with van der Waals surface area (Å²) >= 11 is 0. The van der Waals surface area contributed by atoms with Gasteiger partial charge in [0.2, 0.25) is 5.91 Å². The molecule has 2 heterocycles. The van der Waals surface area contributed by atoms with E-state index in [0.717, 1.165) is 61.1 Å². The van der Waals surface area contributed by atoms with Crippen LogP contribution in [-0.4, -0.2) is 24.0 Å². The molecule has 1 aliphatic carbocycles. The summed E-state index contributed by atoms with van der Waals surface area (Å²) in [5, 5.41) is 12.7. The van der Waals surface area contributed by atoms with Gasteiger partial charge in [-0.3, -0.25) is 9.78 Å². The van der Waals surface area contributed by atoms with Crippen LogP contribution in [0.4, 0.5) is 15.8 Å². The highest BCUT2D eigenvalue weighted by molar-refractivity contribution is 5.93. The van der Waals surface area contributed by atoms with Gasteiger partial charge in [-0.1, -0.05) is 0 Å². The zero-order chi connectivity index (χ0) is 21.4. The maximum Gasteiger partial charge on any atom is 0.227 e. The third-order valence-electron chi connectivity index (χ3n) is 6.86. The molecule has 0 unspecified atom stereocenters. The van der Waals surface area contributed by atoms with Crippen molar-refractivity contribution in [2.24, 2.45) is 11.3 Å². The molecule has 1 saturated carbocycles. The lowest BCUT2D eigenvalue weighted by Crippen LogP contribution is -2.50. The summed E-state index contributed by atoms with van der Waals surface area (Å²) in [4.78, 5) is 19.3. The fourth-order valence-corrected chi connectivity index (χ4v) is 5.05. The number of piperidine rings is 1.